The van der Waals surface area contributed by atoms with Crippen molar-refractivity contribution in [3.05, 3.63) is 57.5 Å². The second-order valence-electron chi connectivity index (χ2n) is 4.61. The molecule has 0 bridgehead atoms. The summed E-state index contributed by atoms with van der Waals surface area (Å²) in [4.78, 5) is 3.45. The second kappa shape index (κ2) is 7.20. The maximum atomic E-state index is 13.6. The van der Waals surface area contributed by atoms with Crippen molar-refractivity contribution in [3.63, 3.8) is 0 Å². The molecule has 0 saturated carbocycles. The average molecular weight is 288 g/mol. The molecule has 0 fully saturated rings. The molecule has 20 heavy (non-hydrogen) atoms. The molecule has 1 aromatic heterocycles. The Morgan fingerprint density at radius 1 is 1.30 bits per heavy atom. The predicted octanol–water partition coefficient (Wildman–Crippen LogP) is 2.83. The van der Waals surface area contributed by atoms with Crippen LogP contribution in [0.25, 0.3) is 0 Å². The van der Waals surface area contributed by atoms with Crippen molar-refractivity contribution in [3.8, 4) is 11.8 Å². The molecule has 0 atom stereocenters. The molecule has 2 N–H and O–H groups in total. The standard InChI is InChI=1S/C16H17FN2S/c1-19(12-16-5-3-7-20-16)11-14-8-13(4-2-6-18)9-15(17)10-14/h3,5,7-10H,6,11-12,18H2,1H3. The van der Waals surface area contributed by atoms with E-state index < -0.39 is 0 Å². The van der Waals surface area contributed by atoms with E-state index in [1.807, 2.05) is 19.2 Å². The van der Waals surface area contributed by atoms with Crippen LogP contribution in [-0.4, -0.2) is 18.5 Å². The number of halogens is 1. The summed E-state index contributed by atoms with van der Waals surface area (Å²) in [5.41, 5.74) is 6.93. The molecule has 1 heterocycles. The first-order valence-corrected chi connectivity index (χ1v) is 7.24. The summed E-state index contributed by atoms with van der Waals surface area (Å²) in [6, 6.07) is 9.04. The Morgan fingerprint density at radius 2 is 2.15 bits per heavy atom. The van der Waals surface area contributed by atoms with Crippen molar-refractivity contribution >= 4 is 11.3 Å². The van der Waals surface area contributed by atoms with E-state index in [1.54, 1.807) is 17.4 Å². The molecule has 0 radical (unpaired) electrons. The first-order chi connectivity index (χ1) is 9.67. The van der Waals surface area contributed by atoms with E-state index in [0.717, 1.165) is 12.1 Å². The van der Waals surface area contributed by atoms with E-state index in [0.29, 0.717) is 12.1 Å². The highest BCUT2D eigenvalue weighted by Crippen LogP contribution is 2.14. The highest BCUT2D eigenvalue weighted by atomic mass is 32.1. The number of thiophene rings is 1. The minimum Gasteiger partial charge on any atom is -0.320 e. The lowest BCUT2D eigenvalue weighted by Gasteiger charge is -2.16. The van der Waals surface area contributed by atoms with Gasteiger partial charge in [0, 0.05) is 23.5 Å². The van der Waals surface area contributed by atoms with Crippen molar-refractivity contribution in [2.24, 2.45) is 5.73 Å². The zero-order valence-corrected chi connectivity index (χ0v) is 12.2. The van der Waals surface area contributed by atoms with E-state index in [1.165, 1.54) is 10.9 Å². The van der Waals surface area contributed by atoms with Gasteiger partial charge in [0.2, 0.25) is 0 Å². The largest absolute Gasteiger partial charge is 0.320 e. The third kappa shape index (κ3) is 4.46. The fourth-order valence-electron chi connectivity index (χ4n) is 2.00. The summed E-state index contributed by atoms with van der Waals surface area (Å²) in [7, 11) is 2.02. The molecule has 2 aromatic rings. The van der Waals surface area contributed by atoms with Gasteiger partial charge >= 0.3 is 0 Å². The van der Waals surface area contributed by atoms with Crippen LogP contribution in [0.15, 0.2) is 35.7 Å². The highest BCUT2D eigenvalue weighted by molar-refractivity contribution is 7.09. The first kappa shape index (κ1) is 14.7. The predicted molar refractivity (Wildman–Crippen MR) is 81.8 cm³/mol. The molecule has 2 rings (SSSR count). The zero-order chi connectivity index (χ0) is 14.4. The van der Waals surface area contributed by atoms with Crippen LogP contribution in [-0.2, 0) is 13.1 Å². The molecule has 0 aliphatic carbocycles. The molecule has 104 valence electrons. The molecular weight excluding hydrogens is 271 g/mol. The Labute approximate surface area is 123 Å². The Balaban J connectivity index is 2.06. The fourth-order valence-corrected chi connectivity index (χ4v) is 2.79. The maximum absolute atomic E-state index is 13.6. The third-order valence-corrected chi connectivity index (χ3v) is 3.61. The SMILES string of the molecule is CN(Cc1cc(F)cc(C#CCN)c1)Cc1cccs1. The molecule has 2 nitrogen and oxygen atoms in total. The van der Waals surface area contributed by atoms with Crippen LogP contribution in [0.4, 0.5) is 4.39 Å². The van der Waals surface area contributed by atoms with Crippen molar-refractivity contribution < 1.29 is 4.39 Å². The molecule has 4 heteroatoms. The van der Waals surface area contributed by atoms with Crippen LogP contribution in [0, 0.1) is 17.7 Å². The molecule has 0 saturated heterocycles. The van der Waals surface area contributed by atoms with Crippen molar-refractivity contribution in [1.82, 2.24) is 4.90 Å². The van der Waals surface area contributed by atoms with Gasteiger partial charge < -0.3 is 5.73 Å². The minimum atomic E-state index is -0.256. The van der Waals surface area contributed by atoms with Crippen molar-refractivity contribution in [1.29, 1.82) is 0 Å². The van der Waals surface area contributed by atoms with Gasteiger partial charge in [-0.1, -0.05) is 17.9 Å². The molecule has 0 unspecified atom stereocenters. The molecule has 0 spiro atoms. The minimum absolute atomic E-state index is 0.256. The fraction of sp³-hybridized carbons (Fsp3) is 0.250. The van der Waals surface area contributed by atoms with Gasteiger partial charge in [-0.15, -0.1) is 11.3 Å². The molecular formula is C16H17FN2S. The Kier molecular flexibility index (Phi) is 5.31. The van der Waals surface area contributed by atoms with E-state index in [4.69, 9.17) is 5.73 Å². The molecule has 1 aromatic carbocycles. The van der Waals surface area contributed by atoms with Gasteiger partial charge in [0.05, 0.1) is 6.54 Å². The van der Waals surface area contributed by atoms with Crippen LogP contribution < -0.4 is 5.73 Å². The summed E-state index contributed by atoms with van der Waals surface area (Å²) in [6.07, 6.45) is 0. The van der Waals surface area contributed by atoms with Gasteiger partial charge in [0.15, 0.2) is 0 Å². The van der Waals surface area contributed by atoms with Gasteiger partial charge in [-0.3, -0.25) is 4.90 Å². The number of nitrogens with two attached hydrogens (primary N) is 1. The van der Waals surface area contributed by atoms with E-state index in [-0.39, 0.29) is 12.4 Å². The lowest BCUT2D eigenvalue weighted by Crippen LogP contribution is -2.16. The van der Waals surface area contributed by atoms with Gasteiger partial charge in [-0.25, -0.2) is 4.39 Å². The van der Waals surface area contributed by atoms with Crippen LogP contribution in [0.5, 0.6) is 0 Å². The molecule has 0 aliphatic rings. The highest BCUT2D eigenvalue weighted by Gasteiger charge is 2.05. The topological polar surface area (TPSA) is 29.3 Å². The number of rotatable bonds is 4. The molecule has 0 aliphatic heterocycles. The number of nitrogens with zero attached hydrogens (tertiary/aromatic N) is 1. The smallest absolute Gasteiger partial charge is 0.124 e. The normalized spacial score (nSPS) is 10.4. The summed E-state index contributed by atoms with van der Waals surface area (Å²) in [6.45, 7) is 1.83. The summed E-state index contributed by atoms with van der Waals surface area (Å²) in [5.74, 6) is 5.36. The number of hydrogen-bond donors (Lipinski definition) is 1. The van der Waals surface area contributed by atoms with Crippen LogP contribution >= 0.6 is 11.3 Å². The van der Waals surface area contributed by atoms with Gasteiger partial charge in [0.25, 0.3) is 0 Å². The van der Waals surface area contributed by atoms with Crippen molar-refractivity contribution in [2.75, 3.05) is 13.6 Å². The van der Waals surface area contributed by atoms with E-state index in [9.17, 15) is 4.39 Å². The van der Waals surface area contributed by atoms with E-state index >= 15 is 0 Å². The Morgan fingerprint density at radius 3 is 2.85 bits per heavy atom. The third-order valence-electron chi connectivity index (χ3n) is 2.75. The van der Waals surface area contributed by atoms with Gasteiger partial charge in [0.1, 0.15) is 5.82 Å². The Hall–Kier alpha value is -1.67. The number of benzene rings is 1. The summed E-state index contributed by atoms with van der Waals surface area (Å²) in [5, 5.41) is 2.06. The van der Waals surface area contributed by atoms with Crippen LogP contribution in [0.1, 0.15) is 16.0 Å². The Bertz CT molecular complexity index is 611. The maximum Gasteiger partial charge on any atom is 0.124 e. The van der Waals surface area contributed by atoms with Crippen LogP contribution in [0.3, 0.4) is 0 Å². The zero-order valence-electron chi connectivity index (χ0n) is 11.4. The average Bonchev–Trinajstić information content (AvgIpc) is 2.88. The summed E-state index contributed by atoms with van der Waals surface area (Å²) >= 11 is 1.73. The number of hydrogen-bond acceptors (Lipinski definition) is 3. The quantitative estimate of drug-likeness (QED) is 0.877. The van der Waals surface area contributed by atoms with Gasteiger partial charge in [-0.05, 0) is 42.3 Å². The monoisotopic (exact) mass is 288 g/mol. The lowest BCUT2D eigenvalue weighted by atomic mass is 10.1. The van der Waals surface area contributed by atoms with Crippen molar-refractivity contribution in [2.45, 2.75) is 13.1 Å². The van der Waals surface area contributed by atoms with Crippen LogP contribution in [0.2, 0.25) is 0 Å². The lowest BCUT2D eigenvalue weighted by molar-refractivity contribution is 0.321. The first-order valence-electron chi connectivity index (χ1n) is 6.36. The van der Waals surface area contributed by atoms with Gasteiger partial charge in [-0.2, -0.15) is 0 Å². The molecule has 0 amide bonds. The second-order valence-corrected chi connectivity index (χ2v) is 5.64. The van der Waals surface area contributed by atoms with E-state index in [2.05, 4.69) is 28.2 Å². The summed E-state index contributed by atoms with van der Waals surface area (Å²) < 4.78 is 13.6.